The van der Waals surface area contributed by atoms with Crippen molar-refractivity contribution in [2.45, 2.75) is 51.1 Å². The minimum Gasteiger partial charge on any atom is -0.353 e. The molecule has 29 heavy (non-hydrogen) atoms. The predicted molar refractivity (Wildman–Crippen MR) is 115 cm³/mol. The summed E-state index contributed by atoms with van der Waals surface area (Å²) < 4.78 is 0. The lowest BCUT2D eigenvalue weighted by Crippen LogP contribution is -2.50. The van der Waals surface area contributed by atoms with Gasteiger partial charge in [0.05, 0.1) is 0 Å². The number of likely N-dealkylation sites (tertiary alicyclic amines) is 1. The molecule has 1 heterocycles. The van der Waals surface area contributed by atoms with Crippen LogP contribution in [0.2, 0.25) is 0 Å². The van der Waals surface area contributed by atoms with Gasteiger partial charge in [-0.2, -0.15) is 0 Å². The lowest BCUT2D eigenvalue weighted by atomic mass is 9.88. The quantitative estimate of drug-likeness (QED) is 0.576. The number of nitrogens with zero attached hydrogens (tertiary/aromatic N) is 3. The fraction of sp³-hybridized carbons (Fsp3) is 0.591. The third-order valence-electron chi connectivity index (χ3n) is 5.74. The van der Waals surface area contributed by atoms with Crippen molar-refractivity contribution in [3.8, 4) is 0 Å². The number of rotatable bonds is 5. The van der Waals surface area contributed by atoms with Crippen molar-refractivity contribution in [3.05, 3.63) is 35.4 Å². The van der Waals surface area contributed by atoms with Crippen LogP contribution < -0.4 is 10.6 Å². The number of benzene rings is 1. The lowest BCUT2D eigenvalue weighted by molar-refractivity contribution is -0.130. The van der Waals surface area contributed by atoms with Crippen LogP contribution in [0.3, 0.4) is 0 Å². The van der Waals surface area contributed by atoms with Crippen molar-refractivity contribution in [1.82, 2.24) is 20.4 Å². The van der Waals surface area contributed by atoms with E-state index in [4.69, 9.17) is 0 Å². The number of aryl methyl sites for hydroxylation is 1. The van der Waals surface area contributed by atoms with E-state index >= 15 is 0 Å². The number of fused-ring (bicyclic) bond motifs is 1. The van der Waals surface area contributed by atoms with E-state index in [2.05, 4.69) is 39.9 Å². The van der Waals surface area contributed by atoms with Crippen molar-refractivity contribution in [3.63, 3.8) is 0 Å². The molecule has 2 aliphatic rings. The number of likely N-dealkylation sites (N-methyl/N-ethyl adjacent to an activating group) is 1. The molecule has 7 nitrogen and oxygen atoms in total. The first-order chi connectivity index (χ1) is 14.0. The fourth-order valence-corrected chi connectivity index (χ4v) is 3.96. The van der Waals surface area contributed by atoms with Gasteiger partial charge < -0.3 is 20.4 Å². The van der Waals surface area contributed by atoms with Gasteiger partial charge in [0, 0.05) is 45.7 Å². The lowest BCUT2D eigenvalue weighted by Gasteiger charge is -2.28. The first-order valence-corrected chi connectivity index (χ1v) is 10.6. The second kappa shape index (κ2) is 9.76. The van der Waals surface area contributed by atoms with Gasteiger partial charge in [0.25, 0.3) is 0 Å². The molecule has 2 amide bonds. The molecule has 1 aliphatic heterocycles. The second-order valence-electron chi connectivity index (χ2n) is 8.13. The van der Waals surface area contributed by atoms with Crippen LogP contribution in [-0.4, -0.2) is 73.4 Å². The molecule has 0 radical (unpaired) electrons. The molecular formula is C22H33N5O2. The highest BCUT2D eigenvalue weighted by Crippen LogP contribution is 2.21. The summed E-state index contributed by atoms with van der Waals surface area (Å²) in [5.74, 6) is 0.821. The van der Waals surface area contributed by atoms with E-state index < -0.39 is 0 Å². The van der Waals surface area contributed by atoms with Gasteiger partial charge in [0.15, 0.2) is 5.96 Å². The Hall–Kier alpha value is -2.57. The zero-order chi connectivity index (χ0) is 20.8. The number of aliphatic imine (C=N–C) groups is 1. The van der Waals surface area contributed by atoms with Gasteiger partial charge in [-0.1, -0.05) is 31.2 Å². The van der Waals surface area contributed by atoms with E-state index in [0.29, 0.717) is 18.9 Å². The van der Waals surface area contributed by atoms with Crippen LogP contribution in [0.1, 0.15) is 37.3 Å². The summed E-state index contributed by atoms with van der Waals surface area (Å²) in [5.41, 5.74) is 2.80. The number of hydrogen-bond acceptors (Lipinski definition) is 3. The van der Waals surface area contributed by atoms with E-state index in [1.807, 2.05) is 11.8 Å². The van der Waals surface area contributed by atoms with Gasteiger partial charge in [-0.3, -0.25) is 9.59 Å². The van der Waals surface area contributed by atoms with Gasteiger partial charge in [-0.05, 0) is 36.8 Å². The van der Waals surface area contributed by atoms with Gasteiger partial charge in [-0.15, -0.1) is 0 Å². The molecule has 0 bridgehead atoms. The molecule has 158 valence electrons. The predicted octanol–water partition coefficient (Wildman–Crippen LogP) is 1.18. The second-order valence-corrected chi connectivity index (χ2v) is 8.13. The number of amides is 2. The Morgan fingerprint density at radius 1 is 1.14 bits per heavy atom. The summed E-state index contributed by atoms with van der Waals surface area (Å²) in [4.78, 5) is 32.0. The van der Waals surface area contributed by atoms with E-state index in [1.165, 1.54) is 11.1 Å². The molecule has 7 heteroatoms. The minimum atomic E-state index is -0.0331. The zero-order valence-corrected chi connectivity index (χ0v) is 17.8. The Labute approximate surface area is 173 Å². The summed E-state index contributed by atoms with van der Waals surface area (Å²) in [7, 11) is 3.48. The fourth-order valence-electron chi connectivity index (χ4n) is 3.96. The van der Waals surface area contributed by atoms with Crippen LogP contribution in [0.4, 0.5) is 0 Å². The Morgan fingerprint density at radius 2 is 1.86 bits per heavy atom. The van der Waals surface area contributed by atoms with Crippen LogP contribution in [0.15, 0.2) is 29.3 Å². The molecule has 3 rings (SSSR count). The van der Waals surface area contributed by atoms with E-state index in [9.17, 15) is 9.59 Å². The molecule has 0 saturated carbocycles. The van der Waals surface area contributed by atoms with Crippen LogP contribution in [-0.2, 0) is 22.4 Å². The molecule has 1 saturated heterocycles. The summed E-state index contributed by atoms with van der Waals surface area (Å²) >= 11 is 0. The highest BCUT2D eigenvalue weighted by atomic mass is 16.2. The molecule has 0 aromatic heterocycles. The maximum absolute atomic E-state index is 12.0. The third-order valence-corrected chi connectivity index (χ3v) is 5.74. The zero-order valence-electron chi connectivity index (χ0n) is 17.8. The topological polar surface area (TPSA) is 77.0 Å². The highest BCUT2D eigenvalue weighted by Gasteiger charge is 2.27. The molecular weight excluding hydrogens is 366 g/mol. The van der Waals surface area contributed by atoms with Gasteiger partial charge >= 0.3 is 0 Å². The SMILES string of the molecule is CCC(=O)N1CCC(NC(=NCC(=O)N(C)C)NC2CCc3ccccc3C2)C1. The van der Waals surface area contributed by atoms with E-state index in [-0.39, 0.29) is 30.4 Å². The van der Waals surface area contributed by atoms with Crippen molar-refractivity contribution in [2.75, 3.05) is 33.7 Å². The highest BCUT2D eigenvalue weighted by molar-refractivity contribution is 5.85. The van der Waals surface area contributed by atoms with Gasteiger partial charge in [-0.25, -0.2) is 4.99 Å². The molecule has 2 N–H and O–H groups in total. The average molecular weight is 400 g/mol. The Morgan fingerprint density at radius 3 is 2.59 bits per heavy atom. The molecule has 0 spiro atoms. The summed E-state index contributed by atoms with van der Waals surface area (Å²) in [6, 6.07) is 9.00. The van der Waals surface area contributed by atoms with Crippen molar-refractivity contribution < 1.29 is 9.59 Å². The van der Waals surface area contributed by atoms with Crippen molar-refractivity contribution in [1.29, 1.82) is 0 Å². The molecule has 1 aromatic carbocycles. The molecule has 1 fully saturated rings. The van der Waals surface area contributed by atoms with Crippen molar-refractivity contribution in [2.24, 2.45) is 4.99 Å². The monoisotopic (exact) mass is 399 g/mol. The Kier molecular flexibility index (Phi) is 7.12. The Balaban J connectivity index is 1.65. The summed E-state index contributed by atoms with van der Waals surface area (Å²) in [6.07, 6.45) is 4.44. The van der Waals surface area contributed by atoms with Crippen LogP contribution in [0.25, 0.3) is 0 Å². The van der Waals surface area contributed by atoms with Crippen molar-refractivity contribution >= 4 is 17.8 Å². The first kappa shape index (κ1) is 21.1. The largest absolute Gasteiger partial charge is 0.353 e. The number of carbonyl (C=O) groups is 2. The van der Waals surface area contributed by atoms with Crippen LogP contribution in [0.5, 0.6) is 0 Å². The minimum absolute atomic E-state index is 0.0331. The number of nitrogens with one attached hydrogen (secondary N) is 2. The maximum atomic E-state index is 12.0. The normalized spacial score (nSPS) is 21.5. The molecule has 1 aromatic rings. The number of carbonyl (C=O) groups excluding carboxylic acids is 2. The number of guanidine groups is 1. The maximum Gasteiger partial charge on any atom is 0.243 e. The molecule has 2 atom stereocenters. The summed E-state index contributed by atoms with van der Waals surface area (Å²) in [6.45, 7) is 3.45. The van der Waals surface area contributed by atoms with Crippen LogP contribution >= 0.6 is 0 Å². The molecule has 2 unspecified atom stereocenters. The Bertz CT molecular complexity index is 761. The van der Waals surface area contributed by atoms with Crippen LogP contribution in [0, 0.1) is 0 Å². The smallest absolute Gasteiger partial charge is 0.243 e. The third kappa shape index (κ3) is 5.71. The van der Waals surface area contributed by atoms with E-state index in [1.54, 1.807) is 19.0 Å². The molecule has 1 aliphatic carbocycles. The van der Waals surface area contributed by atoms with Gasteiger partial charge in [0.2, 0.25) is 11.8 Å². The average Bonchev–Trinajstić information content (AvgIpc) is 3.19. The first-order valence-electron chi connectivity index (χ1n) is 10.6. The standard InChI is InChI=1S/C22H33N5O2/c1-4-20(28)27-12-11-19(15-27)25-22(23-14-21(29)26(2)3)24-18-10-9-16-7-5-6-8-17(16)13-18/h5-8,18-19H,4,9-15H2,1-3H3,(H2,23,24,25). The number of hydrogen-bond donors (Lipinski definition) is 2. The summed E-state index contributed by atoms with van der Waals surface area (Å²) in [5, 5.41) is 7.01. The van der Waals surface area contributed by atoms with E-state index in [0.717, 1.165) is 32.2 Å². The van der Waals surface area contributed by atoms with Gasteiger partial charge in [0.1, 0.15) is 6.54 Å².